The molecule has 1 heterocycles. The number of nitrogens with zero attached hydrogens (tertiary/aromatic N) is 4. The molecule has 1 saturated carbocycles. The second-order valence-electron chi connectivity index (χ2n) is 8.21. The van der Waals surface area contributed by atoms with Gasteiger partial charge in [0.15, 0.2) is 17.5 Å². The third kappa shape index (κ3) is 6.99. The number of nitrogens with one attached hydrogen (secondary N) is 2. The Kier molecular flexibility index (Phi) is 10.6. The summed E-state index contributed by atoms with van der Waals surface area (Å²) >= 11 is 0. The Morgan fingerprint density at radius 1 is 1.28 bits per heavy atom. The molecule has 0 amide bonds. The van der Waals surface area contributed by atoms with Gasteiger partial charge in [0.25, 0.3) is 0 Å². The highest BCUT2D eigenvalue weighted by atomic mass is 127. The number of aliphatic imine (C=N–C) groups is 1. The van der Waals surface area contributed by atoms with Gasteiger partial charge in [0, 0.05) is 44.5 Å². The molecule has 0 radical (unpaired) electrons. The van der Waals surface area contributed by atoms with Gasteiger partial charge in [-0.15, -0.1) is 24.0 Å². The smallest absolute Gasteiger partial charge is 0.191 e. The van der Waals surface area contributed by atoms with Crippen molar-refractivity contribution in [3.05, 3.63) is 41.7 Å². The molecule has 8 nitrogen and oxygen atoms in total. The van der Waals surface area contributed by atoms with Gasteiger partial charge in [0.05, 0.1) is 25.5 Å². The molecule has 9 heteroatoms. The van der Waals surface area contributed by atoms with E-state index in [9.17, 15) is 0 Å². The van der Waals surface area contributed by atoms with E-state index < -0.39 is 0 Å². The molecule has 1 unspecified atom stereocenters. The number of likely N-dealkylation sites (N-methyl/N-ethyl adjacent to an activating group) is 1. The van der Waals surface area contributed by atoms with Crippen LogP contribution in [0.5, 0.6) is 11.5 Å². The van der Waals surface area contributed by atoms with Crippen molar-refractivity contribution in [3.63, 3.8) is 0 Å². The molecule has 0 aliphatic heterocycles. The number of hydrogen-bond donors (Lipinski definition) is 2. The van der Waals surface area contributed by atoms with Crippen LogP contribution in [-0.4, -0.2) is 61.5 Å². The minimum absolute atomic E-state index is 0. The zero-order valence-corrected chi connectivity index (χ0v) is 22.1. The third-order valence-corrected chi connectivity index (χ3v) is 5.73. The molecule has 1 aliphatic carbocycles. The predicted molar refractivity (Wildman–Crippen MR) is 139 cm³/mol. The van der Waals surface area contributed by atoms with Crippen LogP contribution in [0.4, 0.5) is 0 Å². The topological polar surface area (TPSA) is 75.9 Å². The van der Waals surface area contributed by atoms with Crippen molar-refractivity contribution in [1.82, 2.24) is 25.3 Å². The van der Waals surface area contributed by atoms with Crippen molar-refractivity contribution in [2.45, 2.75) is 44.4 Å². The first-order valence-electron chi connectivity index (χ1n) is 10.9. The maximum Gasteiger partial charge on any atom is 0.191 e. The van der Waals surface area contributed by atoms with Gasteiger partial charge >= 0.3 is 0 Å². The summed E-state index contributed by atoms with van der Waals surface area (Å²) in [6.45, 7) is 1.31. The molecule has 1 aliphatic rings. The molecule has 32 heavy (non-hydrogen) atoms. The number of aromatic nitrogens is 2. The summed E-state index contributed by atoms with van der Waals surface area (Å²) in [5.41, 5.74) is 2.22. The third-order valence-electron chi connectivity index (χ3n) is 5.73. The second kappa shape index (κ2) is 12.9. The van der Waals surface area contributed by atoms with E-state index in [1.54, 1.807) is 14.2 Å². The molecule has 2 N–H and O–H groups in total. The number of ether oxygens (including phenoxy) is 2. The average molecular weight is 556 g/mol. The normalized spacial score (nSPS) is 15.4. The van der Waals surface area contributed by atoms with Crippen molar-refractivity contribution < 1.29 is 9.47 Å². The van der Waals surface area contributed by atoms with Crippen LogP contribution in [0.1, 0.15) is 42.9 Å². The Morgan fingerprint density at radius 2 is 2.03 bits per heavy atom. The average Bonchev–Trinajstić information content (AvgIpc) is 3.42. The quantitative estimate of drug-likeness (QED) is 0.281. The van der Waals surface area contributed by atoms with Crippen LogP contribution in [0.25, 0.3) is 0 Å². The summed E-state index contributed by atoms with van der Waals surface area (Å²) < 4.78 is 13.7. The van der Waals surface area contributed by atoms with Gasteiger partial charge in [-0.1, -0.05) is 12.1 Å². The van der Waals surface area contributed by atoms with E-state index in [4.69, 9.17) is 9.47 Å². The zero-order valence-electron chi connectivity index (χ0n) is 19.8. The lowest BCUT2D eigenvalue weighted by atomic mass is 10.1. The fourth-order valence-electron chi connectivity index (χ4n) is 3.97. The van der Waals surface area contributed by atoms with E-state index in [0.717, 1.165) is 41.4 Å². The number of benzene rings is 1. The van der Waals surface area contributed by atoms with E-state index in [1.165, 1.54) is 12.8 Å². The van der Waals surface area contributed by atoms with Crippen LogP contribution in [0, 0.1) is 0 Å². The molecule has 2 aromatic rings. The largest absolute Gasteiger partial charge is 0.493 e. The maximum atomic E-state index is 6.34. The summed E-state index contributed by atoms with van der Waals surface area (Å²) in [5.74, 6) is 2.35. The summed E-state index contributed by atoms with van der Waals surface area (Å²) in [6.07, 6.45) is 8.90. The fourth-order valence-corrected chi connectivity index (χ4v) is 3.97. The number of rotatable bonds is 9. The van der Waals surface area contributed by atoms with Crippen LogP contribution in [0.15, 0.2) is 35.6 Å². The van der Waals surface area contributed by atoms with Crippen LogP contribution < -0.4 is 20.1 Å². The monoisotopic (exact) mass is 556 g/mol. The van der Waals surface area contributed by atoms with Crippen molar-refractivity contribution in [1.29, 1.82) is 0 Å². The molecular formula is C23H37IN6O2. The van der Waals surface area contributed by atoms with E-state index in [-0.39, 0.29) is 36.1 Å². The number of hydrogen-bond acceptors (Lipinski definition) is 5. The van der Waals surface area contributed by atoms with Crippen molar-refractivity contribution >= 4 is 29.9 Å². The summed E-state index contributed by atoms with van der Waals surface area (Å²) in [6, 6.07) is 6.21. The lowest BCUT2D eigenvalue weighted by Crippen LogP contribution is -2.41. The summed E-state index contributed by atoms with van der Waals surface area (Å²) in [7, 11) is 9.54. The van der Waals surface area contributed by atoms with Crippen molar-refractivity contribution in [2.75, 3.05) is 34.8 Å². The Labute approximate surface area is 208 Å². The zero-order chi connectivity index (χ0) is 22.2. The summed E-state index contributed by atoms with van der Waals surface area (Å²) in [4.78, 5) is 6.57. The highest BCUT2D eigenvalue weighted by Gasteiger charge is 2.21. The molecule has 0 bridgehead atoms. The first-order valence-corrected chi connectivity index (χ1v) is 10.9. The molecule has 0 saturated heterocycles. The predicted octanol–water partition coefficient (Wildman–Crippen LogP) is 3.34. The van der Waals surface area contributed by atoms with Gasteiger partial charge in [-0.05, 0) is 45.8 Å². The Balaban J connectivity index is 0.00000363. The van der Waals surface area contributed by atoms with Gasteiger partial charge < -0.3 is 25.0 Å². The van der Waals surface area contributed by atoms with Gasteiger partial charge in [0.2, 0.25) is 0 Å². The molecule has 178 valence electrons. The summed E-state index contributed by atoms with van der Waals surface area (Å²) in [5, 5.41) is 11.2. The SMILES string of the molecule is CN=C(NCc1cccc(OC)c1OC1CCCC1)NCC(c1cnn(C)c1)N(C)C.I. The number of aryl methyl sites for hydroxylation is 1. The number of methoxy groups -OCH3 is 1. The molecular weight excluding hydrogens is 519 g/mol. The second-order valence-corrected chi connectivity index (χ2v) is 8.21. The molecule has 3 rings (SSSR count). The van der Waals surface area contributed by atoms with Crippen molar-refractivity contribution in [2.24, 2.45) is 12.0 Å². The van der Waals surface area contributed by atoms with Crippen LogP contribution >= 0.6 is 24.0 Å². The van der Waals surface area contributed by atoms with E-state index in [1.807, 2.05) is 36.3 Å². The highest BCUT2D eigenvalue weighted by molar-refractivity contribution is 14.0. The standard InChI is InChI=1S/C23H36N6O2.HI/c1-24-23(26-15-20(28(2)3)18-14-27-29(4)16-18)25-13-17-9-8-12-21(30-5)22(17)31-19-10-6-7-11-19;/h8-9,12,14,16,19-20H,6-7,10-11,13,15H2,1-5H3,(H2,24,25,26);1H. The maximum absolute atomic E-state index is 6.34. The molecule has 0 spiro atoms. The Hall–Kier alpha value is -2.01. The van der Waals surface area contributed by atoms with E-state index in [2.05, 4.69) is 45.8 Å². The van der Waals surface area contributed by atoms with Crippen LogP contribution in [0.2, 0.25) is 0 Å². The fraction of sp³-hybridized carbons (Fsp3) is 0.565. The Morgan fingerprint density at radius 3 is 2.62 bits per heavy atom. The van der Waals surface area contributed by atoms with Gasteiger partial charge in [0.1, 0.15) is 0 Å². The number of para-hydroxylation sites is 1. The minimum atomic E-state index is 0. The number of guanidine groups is 1. The molecule has 1 atom stereocenters. The minimum Gasteiger partial charge on any atom is -0.493 e. The lowest BCUT2D eigenvalue weighted by molar-refractivity contribution is 0.198. The highest BCUT2D eigenvalue weighted by Crippen LogP contribution is 2.34. The molecule has 1 aromatic carbocycles. The first-order chi connectivity index (χ1) is 15.0. The van der Waals surface area contributed by atoms with E-state index in [0.29, 0.717) is 13.1 Å². The van der Waals surface area contributed by atoms with Gasteiger partial charge in [-0.25, -0.2) is 0 Å². The van der Waals surface area contributed by atoms with Crippen LogP contribution in [0.3, 0.4) is 0 Å². The number of halogens is 1. The van der Waals surface area contributed by atoms with Crippen LogP contribution in [-0.2, 0) is 13.6 Å². The lowest BCUT2D eigenvalue weighted by Gasteiger charge is -2.25. The van der Waals surface area contributed by atoms with Gasteiger partial charge in [-0.3, -0.25) is 9.67 Å². The van der Waals surface area contributed by atoms with E-state index >= 15 is 0 Å². The van der Waals surface area contributed by atoms with Crippen molar-refractivity contribution in [3.8, 4) is 11.5 Å². The van der Waals surface area contributed by atoms with Gasteiger partial charge in [-0.2, -0.15) is 5.10 Å². The first kappa shape index (κ1) is 26.2. The Bertz CT molecular complexity index is 864. The molecule has 1 fully saturated rings. The molecule has 1 aromatic heterocycles.